The lowest BCUT2D eigenvalue weighted by Crippen LogP contribution is -2.49. The van der Waals surface area contributed by atoms with Crippen molar-refractivity contribution in [3.05, 3.63) is 47.4 Å². The number of anilines is 1. The molecular weight excluding hydrogens is 494 g/mol. The van der Waals surface area contributed by atoms with E-state index in [2.05, 4.69) is 10.3 Å². The van der Waals surface area contributed by atoms with Crippen molar-refractivity contribution < 1.29 is 36.6 Å². The number of rotatable bonds is 6. The molecule has 1 aromatic heterocycles. The number of aromatic nitrogens is 1. The molecule has 2 heterocycles. The zero-order valence-corrected chi connectivity index (χ0v) is 20.4. The van der Waals surface area contributed by atoms with Crippen molar-refractivity contribution in [3.8, 4) is 11.6 Å². The first kappa shape index (κ1) is 26.8. The molecule has 0 spiro atoms. The second-order valence-electron chi connectivity index (χ2n) is 9.27. The van der Waals surface area contributed by atoms with Crippen LogP contribution in [0.15, 0.2) is 30.5 Å². The zero-order valence-electron chi connectivity index (χ0n) is 20.4. The van der Waals surface area contributed by atoms with Crippen LogP contribution in [-0.4, -0.2) is 43.1 Å². The number of amides is 1. The molecule has 1 saturated carbocycles. The molecule has 0 atom stereocenters. The number of benzene rings is 1. The molecule has 4 rings (SSSR count). The van der Waals surface area contributed by atoms with E-state index in [0.717, 1.165) is 56.8 Å². The van der Waals surface area contributed by atoms with Gasteiger partial charge in [-0.3, -0.25) is 4.79 Å². The van der Waals surface area contributed by atoms with E-state index in [0.29, 0.717) is 38.8 Å². The Morgan fingerprint density at radius 2 is 1.78 bits per heavy atom. The maximum atomic E-state index is 15.4. The van der Waals surface area contributed by atoms with Crippen LogP contribution in [0.5, 0.6) is 11.6 Å². The van der Waals surface area contributed by atoms with Gasteiger partial charge in [-0.15, -0.1) is 0 Å². The van der Waals surface area contributed by atoms with Gasteiger partial charge in [0, 0.05) is 30.3 Å². The third-order valence-electron chi connectivity index (χ3n) is 6.86. The van der Waals surface area contributed by atoms with Crippen LogP contribution in [0.25, 0.3) is 0 Å². The Morgan fingerprint density at radius 3 is 2.43 bits per heavy atom. The molecule has 1 amide bonds. The third kappa shape index (κ3) is 6.03. The van der Waals surface area contributed by atoms with Gasteiger partial charge in [-0.05, 0) is 50.9 Å². The number of nitrogens with zero attached hydrogens (tertiary/aromatic N) is 2. The Bertz CT molecular complexity index is 1130. The molecule has 200 valence electrons. The molecule has 7 nitrogen and oxygen atoms in total. The molecule has 1 N–H and O–H groups in total. The molecule has 1 saturated heterocycles. The average Bonchev–Trinajstić information content (AvgIpc) is 2.90. The number of carbonyl (C=O) groups excluding carboxylic acids is 2. The van der Waals surface area contributed by atoms with Crippen LogP contribution in [0.4, 0.5) is 23.2 Å². The number of halogens is 4. The smallest absolute Gasteiger partial charge is 0.421 e. The Morgan fingerprint density at radius 1 is 1.08 bits per heavy atom. The number of nitrogens with one attached hydrogen (secondary N) is 1. The summed E-state index contributed by atoms with van der Waals surface area (Å²) in [7, 11) is 1.13. The number of esters is 1. The lowest BCUT2D eigenvalue weighted by atomic mass is 9.87. The molecule has 2 aromatic rings. The predicted molar refractivity (Wildman–Crippen MR) is 127 cm³/mol. The summed E-state index contributed by atoms with van der Waals surface area (Å²) < 4.78 is 65.8. The fourth-order valence-corrected chi connectivity index (χ4v) is 4.99. The number of methoxy groups -OCH3 is 1. The van der Waals surface area contributed by atoms with Gasteiger partial charge in [-0.2, -0.15) is 13.2 Å². The molecule has 1 aromatic carbocycles. The monoisotopic (exact) mass is 523 g/mol. The van der Waals surface area contributed by atoms with Crippen molar-refractivity contribution in [3.63, 3.8) is 0 Å². The van der Waals surface area contributed by atoms with E-state index in [1.165, 1.54) is 4.90 Å². The van der Waals surface area contributed by atoms with Crippen molar-refractivity contribution in [1.29, 1.82) is 0 Å². The Labute approximate surface area is 212 Å². The van der Waals surface area contributed by atoms with Crippen LogP contribution in [0, 0.1) is 11.7 Å². The van der Waals surface area contributed by atoms with Gasteiger partial charge in [0.05, 0.1) is 18.4 Å². The number of hydrogen-bond acceptors (Lipinski definition) is 6. The minimum Gasteiger partial charge on any atom is -0.465 e. The fourth-order valence-electron chi connectivity index (χ4n) is 4.99. The molecule has 2 fully saturated rings. The maximum Gasteiger partial charge on any atom is 0.421 e. The quantitative estimate of drug-likeness (QED) is 0.399. The van der Waals surface area contributed by atoms with Crippen LogP contribution in [0.2, 0.25) is 0 Å². The number of piperidine rings is 1. The normalized spacial score (nSPS) is 17.3. The zero-order chi connectivity index (χ0) is 26.6. The van der Waals surface area contributed by atoms with E-state index in [9.17, 15) is 22.8 Å². The summed E-state index contributed by atoms with van der Waals surface area (Å²) in [5.41, 5.74) is -1.34. The highest BCUT2D eigenvalue weighted by Crippen LogP contribution is 2.40. The fraction of sp³-hybridized carbons (Fsp3) is 0.500. The summed E-state index contributed by atoms with van der Waals surface area (Å²) >= 11 is 0. The second-order valence-corrected chi connectivity index (χ2v) is 9.27. The number of carbonyl (C=O) groups is 2. The van der Waals surface area contributed by atoms with Gasteiger partial charge >= 0.3 is 12.1 Å². The Hall–Kier alpha value is -3.21. The summed E-state index contributed by atoms with van der Waals surface area (Å²) in [6.45, 7) is 1.30. The van der Waals surface area contributed by atoms with E-state index in [1.807, 2.05) is 0 Å². The van der Waals surface area contributed by atoms with Crippen LogP contribution in [0.3, 0.4) is 0 Å². The molecular formula is C26H29F4N3O4. The summed E-state index contributed by atoms with van der Waals surface area (Å²) in [5, 5.41) is 3.23. The van der Waals surface area contributed by atoms with E-state index in [1.54, 1.807) is 0 Å². The lowest BCUT2D eigenvalue weighted by Gasteiger charge is -2.38. The first-order valence-electron chi connectivity index (χ1n) is 12.4. The van der Waals surface area contributed by atoms with Gasteiger partial charge in [0.25, 0.3) is 0 Å². The van der Waals surface area contributed by atoms with Crippen LogP contribution < -0.4 is 15.0 Å². The summed E-state index contributed by atoms with van der Waals surface area (Å²) in [4.78, 5) is 31.7. The molecule has 37 heavy (non-hydrogen) atoms. The number of hydrogen-bond donors (Lipinski definition) is 1. The highest BCUT2D eigenvalue weighted by atomic mass is 19.4. The van der Waals surface area contributed by atoms with Gasteiger partial charge < -0.3 is 19.7 Å². The standard InChI is InChI=1S/C26H29F4N3O4/c1-36-25(35)18-14-22(37-23-19(26(28,29)30)8-5-11-32-23)20(27)15-21(18)33(17-9-12-31-13-10-17)24(34)16-6-3-2-4-7-16/h5,8,11,14-17,31H,2-4,6-7,9-10,12-13H2,1H3. The van der Waals surface area contributed by atoms with Crippen molar-refractivity contribution in [2.24, 2.45) is 5.92 Å². The van der Waals surface area contributed by atoms with Gasteiger partial charge in [0.15, 0.2) is 11.6 Å². The van der Waals surface area contributed by atoms with Gasteiger partial charge in [-0.1, -0.05) is 19.3 Å². The molecule has 1 aliphatic heterocycles. The van der Waals surface area contributed by atoms with Gasteiger partial charge in [0.1, 0.15) is 5.56 Å². The SMILES string of the molecule is COC(=O)c1cc(Oc2ncccc2C(F)(F)F)c(F)cc1N(C(=O)C1CCCCC1)C1CCNCC1. The molecule has 11 heteroatoms. The first-order valence-corrected chi connectivity index (χ1v) is 12.4. The molecule has 0 unspecified atom stereocenters. The lowest BCUT2D eigenvalue weighted by molar-refractivity contribution is -0.139. The predicted octanol–water partition coefficient (Wildman–Crippen LogP) is 5.48. The van der Waals surface area contributed by atoms with Crippen LogP contribution >= 0.6 is 0 Å². The molecule has 0 bridgehead atoms. The summed E-state index contributed by atoms with van der Waals surface area (Å²) in [5.74, 6) is -3.83. The molecule has 1 aliphatic carbocycles. The van der Waals surface area contributed by atoms with E-state index >= 15 is 4.39 Å². The van der Waals surface area contributed by atoms with Crippen molar-refractivity contribution in [2.45, 2.75) is 57.2 Å². The van der Waals surface area contributed by atoms with E-state index in [4.69, 9.17) is 9.47 Å². The molecule has 2 aliphatic rings. The van der Waals surface area contributed by atoms with E-state index in [-0.39, 0.29) is 29.1 Å². The van der Waals surface area contributed by atoms with Crippen molar-refractivity contribution in [2.75, 3.05) is 25.1 Å². The third-order valence-corrected chi connectivity index (χ3v) is 6.86. The van der Waals surface area contributed by atoms with Crippen LogP contribution in [0.1, 0.15) is 60.9 Å². The highest BCUT2D eigenvalue weighted by molar-refractivity contribution is 6.04. The van der Waals surface area contributed by atoms with Gasteiger partial charge in [-0.25, -0.2) is 14.2 Å². The minimum absolute atomic E-state index is 0.0243. The van der Waals surface area contributed by atoms with Crippen LogP contribution in [-0.2, 0) is 15.7 Å². The Kier molecular flexibility index (Phi) is 8.31. The topological polar surface area (TPSA) is 80.8 Å². The molecule has 0 radical (unpaired) electrons. The van der Waals surface area contributed by atoms with Crippen molar-refractivity contribution in [1.82, 2.24) is 10.3 Å². The maximum absolute atomic E-state index is 15.4. The number of alkyl halides is 3. The number of ether oxygens (including phenoxy) is 2. The van der Waals surface area contributed by atoms with E-state index < -0.39 is 35.2 Å². The first-order chi connectivity index (χ1) is 17.7. The Balaban J connectivity index is 1.78. The summed E-state index contributed by atoms with van der Waals surface area (Å²) in [6, 6.07) is 3.52. The largest absolute Gasteiger partial charge is 0.465 e. The van der Waals surface area contributed by atoms with Crippen molar-refractivity contribution >= 4 is 17.6 Å². The second kappa shape index (κ2) is 11.5. The van der Waals surface area contributed by atoms with Gasteiger partial charge in [0.2, 0.25) is 11.8 Å². The summed E-state index contributed by atoms with van der Waals surface area (Å²) in [6.07, 6.45) is 1.76. The highest BCUT2D eigenvalue weighted by Gasteiger charge is 2.37. The average molecular weight is 524 g/mol. The minimum atomic E-state index is -4.79. The number of pyridine rings is 1.